The summed E-state index contributed by atoms with van der Waals surface area (Å²) in [5.74, 6) is 0.460. The Labute approximate surface area is 191 Å². The number of para-hydroxylation sites is 1. The molecule has 6 rings (SSSR count). The minimum absolute atomic E-state index is 0.00235. The number of likely N-dealkylation sites (tertiary alicyclic amines) is 1. The summed E-state index contributed by atoms with van der Waals surface area (Å²) < 4.78 is 3.68. The van der Waals surface area contributed by atoms with Gasteiger partial charge in [-0.05, 0) is 30.5 Å². The average Bonchev–Trinajstić information content (AvgIpc) is 3.31. The molecule has 0 aliphatic carbocycles. The Hall–Kier alpha value is -3.93. The summed E-state index contributed by atoms with van der Waals surface area (Å²) in [6, 6.07) is 25.2. The van der Waals surface area contributed by atoms with Gasteiger partial charge < -0.3 is 9.47 Å². The monoisotopic (exact) mass is 436 g/mol. The maximum absolute atomic E-state index is 13.9. The molecule has 0 N–H and O–H groups in total. The van der Waals surface area contributed by atoms with Gasteiger partial charge in [-0.25, -0.2) is 4.68 Å². The minimum atomic E-state index is -0.00235. The van der Waals surface area contributed by atoms with E-state index in [0.717, 1.165) is 23.4 Å². The number of carbonyl (C=O) groups is 1. The number of piperidine rings is 1. The SMILES string of the molecule is O=C(c1cn(-c2ccccc2)nc1-c1ccccc1)N1CC2CC(C1)c1cccc(=O)n1C2. The van der Waals surface area contributed by atoms with Gasteiger partial charge in [0.05, 0.1) is 11.3 Å². The summed E-state index contributed by atoms with van der Waals surface area (Å²) in [4.78, 5) is 28.2. The van der Waals surface area contributed by atoms with E-state index >= 15 is 0 Å². The molecule has 2 atom stereocenters. The van der Waals surface area contributed by atoms with Crippen molar-refractivity contribution in [3.63, 3.8) is 0 Å². The summed E-state index contributed by atoms with van der Waals surface area (Å²) in [5.41, 5.74) is 4.23. The van der Waals surface area contributed by atoms with Gasteiger partial charge in [0.25, 0.3) is 11.5 Å². The van der Waals surface area contributed by atoms with Crippen LogP contribution in [0.5, 0.6) is 0 Å². The van der Waals surface area contributed by atoms with E-state index in [9.17, 15) is 9.59 Å². The van der Waals surface area contributed by atoms with Crippen molar-refractivity contribution in [2.45, 2.75) is 18.9 Å². The first-order chi connectivity index (χ1) is 16.2. The topological polar surface area (TPSA) is 60.1 Å². The van der Waals surface area contributed by atoms with Crippen LogP contribution in [0.25, 0.3) is 16.9 Å². The zero-order valence-electron chi connectivity index (χ0n) is 18.2. The molecular weight excluding hydrogens is 412 g/mol. The van der Waals surface area contributed by atoms with Crippen LogP contribution < -0.4 is 5.56 Å². The lowest BCUT2D eigenvalue weighted by Crippen LogP contribution is -2.49. The molecule has 4 aromatic rings. The molecule has 1 saturated heterocycles. The standard InChI is InChI=1S/C27H24N4O2/c32-25-13-7-12-24-21-14-19(16-30(24)25)15-29(17-21)27(33)23-18-31(22-10-5-2-6-11-22)28-26(23)20-8-3-1-4-9-20/h1-13,18-19,21H,14-17H2. The molecule has 2 bridgehead atoms. The quantitative estimate of drug-likeness (QED) is 0.488. The van der Waals surface area contributed by atoms with Gasteiger partial charge in [-0.3, -0.25) is 9.59 Å². The summed E-state index contributed by atoms with van der Waals surface area (Å²) in [7, 11) is 0. The molecule has 2 aromatic heterocycles. The predicted octanol–water partition coefficient (Wildman–Crippen LogP) is 3.96. The molecule has 2 aliphatic heterocycles. The molecular formula is C27H24N4O2. The highest BCUT2D eigenvalue weighted by atomic mass is 16.2. The molecule has 6 heteroatoms. The van der Waals surface area contributed by atoms with E-state index in [2.05, 4.69) is 0 Å². The highest BCUT2D eigenvalue weighted by Crippen LogP contribution is 2.36. The number of hydrogen-bond donors (Lipinski definition) is 0. The lowest BCUT2D eigenvalue weighted by Gasteiger charge is -2.42. The summed E-state index contributed by atoms with van der Waals surface area (Å²) in [5, 5.41) is 4.81. The van der Waals surface area contributed by atoms with Crippen molar-refractivity contribution in [1.82, 2.24) is 19.2 Å². The number of amides is 1. The molecule has 33 heavy (non-hydrogen) atoms. The van der Waals surface area contributed by atoms with Gasteiger partial charge in [-0.1, -0.05) is 54.6 Å². The largest absolute Gasteiger partial charge is 0.338 e. The highest BCUT2D eigenvalue weighted by Gasteiger charge is 2.37. The van der Waals surface area contributed by atoms with Crippen LogP contribution in [0.2, 0.25) is 0 Å². The zero-order valence-corrected chi connectivity index (χ0v) is 18.2. The number of nitrogens with zero attached hydrogens (tertiary/aromatic N) is 4. The van der Waals surface area contributed by atoms with E-state index in [4.69, 9.17) is 5.10 Å². The first-order valence-corrected chi connectivity index (χ1v) is 11.4. The Bertz CT molecular complexity index is 1370. The molecule has 2 aromatic carbocycles. The van der Waals surface area contributed by atoms with Crippen LogP contribution in [0.3, 0.4) is 0 Å². The molecule has 1 fully saturated rings. The molecule has 0 spiro atoms. The third-order valence-corrected chi connectivity index (χ3v) is 6.78. The number of aromatic nitrogens is 3. The van der Waals surface area contributed by atoms with E-state index in [1.54, 1.807) is 10.7 Å². The molecule has 4 heterocycles. The van der Waals surface area contributed by atoms with Gasteiger partial charge in [0.15, 0.2) is 0 Å². The van der Waals surface area contributed by atoms with Crippen LogP contribution in [0, 0.1) is 5.92 Å². The fraction of sp³-hybridized carbons (Fsp3) is 0.222. The number of carbonyl (C=O) groups excluding carboxylic acids is 1. The Kier molecular flexibility index (Phi) is 4.72. The molecule has 6 nitrogen and oxygen atoms in total. The van der Waals surface area contributed by atoms with Crippen molar-refractivity contribution in [3.8, 4) is 16.9 Å². The molecule has 164 valence electrons. The second-order valence-corrected chi connectivity index (χ2v) is 8.95. The summed E-state index contributed by atoms with van der Waals surface area (Å²) >= 11 is 0. The van der Waals surface area contributed by atoms with E-state index in [1.807, 2.05) is 88.5 Å². The Balaban J connectivity index is 1.38. The van der Waals surface area contributed by atoms with E-state index in [1.165, 1.54) is 0 Å². The lowest BCUT2D eigenvalue weighted by atomic mass is 9.83. The maximum atomic E-state index is 13.9. The molecule has 1 amide bonds. The number of benzene rings is 2. The molecule has 2 aliphatic rings. The van der Waals surface area contributed by atoms with Crippen LogP contribution in [0.1, 0.15) is 28.4 Å². The molecule has 2 unspecified atom stereocenters. The lowest BCUT2D eigenvalue weighted by molar-refractivity contribution is 0.0595. The van der Waals surface area contributed by atoms with Crippen LogP contribution in [-0.2, 0) is 6.54 Å². The van der Waals surface area contributed by atoms with Crippen molar-refractivity contribution in [3.05, 3.63) is 107 Å². The summed E-state index contributed by atoms with van der Waals surface area (Å²) in [6.45, 7) is 1.94. The van der Waals surface area contributed by atoms with E-state index in [0.29, 0.717) is 30.9 Å². The first kappa shape index (κ1) is 19.7. The highest BCUT2D eigenvalue weighted by molar-refractivity contribution is 6.00. The number of hydrogen-bond acceptors (Lipinski definition) is 3. The van der Waals surface area contributed by atoms with Gasteiger partial charge in [0.2, 0.25) is 0 Å². The number of rotatable bonds is 3. The van der Waals surface area contributed by atoms with Crippen LogP contribution in [0.15, 0.2) is 89.9 Å². The third-order valence-electron chi connectivity index (χ3n) is 6.78. The predicted molar refractivity (Wildman–Crippen MR) is 126 cm³/mol. The van der Waals surface area contributed by atoms with Gasteiger partial charge in [-0.2, -0.15) is 5.10 Å². The second kappa shape index (κ2) is 7.89. The molecule has 0 radical (unpaired) electrons. The van der Waals surface area contributed by atoms with Gasteiger partial charge in [-0.15, -0.1) is 0 Å². The summed E-state index contributed by atoms with van der Waals surface area (Å²) in [6.07, 6.45) is 2.87. The van der Waals surface area contributed by atoms with E-state index < -0.39 is 0 Å². The van der Waals surface area contributed by atoms with Gasteiger partial charge in [0, 0.05) is 49.1 Å². The number of fused-ring (bicyclic) bond motifs is 4. The number of pyridine rings is 1. The van der Waals surface area contributed by atoms with Gasteiger partial charge >= 0.3 is 0 Å². The Morgan fingerprint density at radius 2 is 1.61 bits per heavy atom. The van der Waals surface area contributed by atoms with Crippen molar-refractivity contribution < 1.29 is 4.79 Å². The maximum Gasteiger partial charge on any atom is 0.257 e. The van der Waals surface area contributed by atoms with Crippen molar-refractivity contribution in [2.24, 2.45) is 5.92 Å². The second-order valence-electron chi connectivity index (χ2n) is 8.95. The normalized spacial score (nSPS) is 19.2. The first-order valence-electron chi connectivity index (χ1n) is 11.4. The fourth-order valence-electron chi connectivity index (χ4n) is 5.29. The smallest absolute Gasteiger partial charge is 0.257 e. The fourth-order valence-corrected chi connectivity index (χ4v) is 5.29. The van der Waals surface area contributed by atoms with Crippen molar-refractivity contribution in [2.75, 3.05) is 13.1 Å². The van der Waals surface area contributed by atoms with Crippen LogP contribution >= 0.6 is 0 Å². The zero-order chi connectivity index (χ0) is 22.4. The Morgan fingerprint density at radius 3 is 2.39 bits per heavy atom. The average molecular weight is 437 g/mol. The van der Waals surface area contributed by atoms with Crippen LogP contribution in [-0.4, -0.2) is 38.2 Å². The third kappa shape index (κ3) is 3.48. The van der Waals surface area contributed by atoms with Gasteiger partial charge in [0.1, 0.15) is 5.69 Å². The van der Waals surface area contributed by atoms with E-state index in [-0.39, 0.29) is 23.3 Å². The molecule has 0 saturated carbocycles. The van der Waals surface area contributed by atoms with Crippen molar-refractivity contribution >= 4 is 5.91 Å². The minimum Gasteiger partial charge on any atom is -0.338 e. The van der Waals surface area contributed by atoms with Crippen molar-refractivity contribution in [1.29, 1.82) is 0 Å². The van der Waals surface area contributed by atoms with Crippen LogP contribution in [0.4, 0.5) is 0 Å². The Morgan fingerprint density at radius 1 is 0.848 bits per heavy atom.